The first-order valence-corrected chi connectivity index (χ1v) is 10.8. The highest BCUT2D eigenvalue weighted by Gasteiger charge is 2.26. The van der Waals surface area contributed by atoms with E-state index in [1.807, 2.05) is 23.6 Å². The van der Waals surface area contributed by atoms with Gasteiger partial charge in [-0.15, -0.1) is 0 Å². The Bertz CT molecular complexity index is 1130. The third-order valence-corrected chi connectivity index (χ3v) is 6.28. The highest BCUT2D eigenvalue weighted by Crippen LogP contribution is 2.25. The minimum Gasteiger partial charge on any atom is -0.385 e. The number of rotatable bonds is 6. The summed E-state index contributed by atoms with van der Waals surface area (Å²) in [5.41, 5.74) is 2.45. The van der Waals surface area contributed by atoms with E-state index in [2.05, 4.69) is 12.2 Å². The Morgan fingerprint density at radius 2 is 2.10 bits per heavy atom. The Balaban J connectivity index is 1.81. The lowest BCUT2D eigenvalue weighted by Gasteiger charge is -2.29. The maximum atomic E-state index is 13.3. The molecule has 1 aliphatic rings. The second-order valence-corrected chi connectivity index (χ2v) is 8.41. The molecule has 3 heterocycles. The van der Waals surface area contributed by atoms with Gasteiger partial charge in [-0.2, -0.15) is 0 Å². The van der Waals surface area contributed by atoms with Gasteiger partial charge < -0.3 is 14.6 Å². The second kappa shape index (κ2) is 8.60. The third kappa shape index (κ3) is 3.74. The molecule has 1 fully saturated rings. The van der Waals surface area contributed by atoms with Crippen molar-refractivity contribution in [2.45, 2.75) is 58.5 Å². The number of aromatic nitrogens is 3. The fourth-order valence-electron chi connectivity index (χ4n) is 4.52. The average Bonchev–Trinajstić information content (AvgIpc) is 3.10. The van der Waals surface area contributed by atoms with Crippen LogP contribution in [0.3, 0.4) is 0 Å². The highest BCUT2D eigenvalue weighted by molar-refractivity contribution is 5.98. The van der Waals surface area contributed by atoms with E-state index in [1.54, 1.807) is 23.8 Å². The van der Waals surface area contributed by atoms with Crippen LogP contribution in [0.25, 0.3) is 16.7 Å². The van der Waals surface area contributed by atoms with Gasteiger partial charge in [0.05, 0.1) is 5.39 Å². The van der Waals surface area contributed by atoms with Crippen molar-refractivity contribution in [1.82, 2.24) is 19.3 Å². The summed E-state index contributed by atoms with van der Waals surface area (Å²) in [5.74, 6) is 0.331. The van der Waals surface area contributed by atoms with Gasteiger partial charge in [-0.25, -0.2) is 4.98 Å². The Kier molecular flexibility index (Phi) is 5.90. The van der Waals surface area contributed by atoms with Gasteiger partial charge in [0.15, 0.2) is 0 Å². The van der Waals surface area contributed by atoms with Gasteiger partial charge in [0, 0.05) is 32.5 Å². The Morgan fingerprint density at radius 3 is 2.87 bits per heavy atom. The van der Waals surface area contributed by atoms with Crippen LogP contribution < -0.4 is 10.9 Å². The van der Waals surface area contributed by atoms with Crippen molar-refractivity contribution in [2.75, 3.05) is 13.7 Å². The fourth-order valence-corrected chi connectivity index (χ4v) is 4.52. The van der Waals surface area contributed by atoms with Gasteiger partial charge >= 0.3 is 0 Å². The molecule has 3 aromatic heterocycles. The van der Waals surface area contributed by atoms with Crippen LogP contribution in [0.5, 0.6) is 0 Å². The molecule has 1 N–H and O–H groups in total. The van der Waals surface area contributed by atoms with E-state index >= 15 is 0 Å². The second-order valence-electron chi connectivity index (χ2n) is 8.41. The first kappa shape index (κ1) is 20.6. The molecule has 3 aromatic rings. The van der Waals surface area contributed by atoms with Crippen molar-refractivity contribution in [2.24, 2.45) is 5.92 Å². The first-order chi connectivity index (χ1) is 14.5. The third-order valence-electron chi connectivity index (χ3n) is 6.28. The van der Waals surface area contributed by atoms with E-state index < -0.39 is 0 Å². The maximum absolute atomic E-state index is 13.3. The number of nitrogens with zero attached hydrogens (tertiary/aromatic N) is 3. The monoisotopic (exact) mass is 410 g/mol. The molecular weight excluding hydrogens is 380 g/mol. The van der Waals surface area contributed by atoms with Gasteiger partial charge in [-0.05, 0) is 49.8 Å². The van der Waals surface area contributed by atoms with Crippen LogP contribution in [0.2, 0.25) is 0 Å². The molecule has 7 heteroatoms. The molecule has 0 radical (unpaired) electrons. The number of carbonyl (C=O) groups is 1. The number of methoxy groups -OCH3 is 1. The topological polar surface area (TPSA) is 77.6 Å². The van der Waals surface area contributed by atoms with Crippen molar-refractivity contribution in [3.63, 3.8) is 0 Å². The minimum atomic E-state index is -0.149. The lowest BCUT2D eigenvalue weighted by atomic mass is 9.86. The Hall–Kier alpha value is -2.67. The molecule has 30 heavy (non-hydrogen) atoms. The molecule has 0 aliphatic heterocycles. The highest BCUT2D eigenvalue weighted by atomic mass is 16.5. The summed E-state index contributed by atoms with van der Waals surface area (Å²) in [5, 5.41) is 3.69. The maximum Gasteiger partial charge on any atom is 0.268 e. The number of hydrogen-bond acceptors (Lipinski definition) is 4. The first-order valence-electron chi connectivity index (χ1n) is 10.8. The zero-order chi connectivity index (χ0) is 21.3. The molecule has 1 aliphatic carbocycles. The zero-order valence-electron chi connectivity index (χ0n) is 18.0. The molecule has 160 valence electrons. The number of hydrogen-bond donors (Lipinski definition) is 1. The smallest absolute Gasteiger partial charge is 0.268 e. The number of pyridine rings is 1. The SMILES string of the molecule is COCCCn1c(C(=O)N[C@H]2CCCC[C@@H]2C)cc2c(=O)n3cccc(C)c3nc21. The van der Waals surface area contributed by atoms with E-state index in [9.17, 15) is 9.59 Å². The Labute approximate surface area is 176 Å². The van der Waals surface area contributed by atoms with Crippen molar-refractivity contribution in [1.29, 1.82) is 0 Å². The number of carbonyl (C=O) groups excluding carboxylic acids is 1. The summed E-state index contributed by atoms with van der Waals surface area (Å²) in [4.78, 5) is 31.2. The van der Waals surface area contributed by atoms with Crippen molar-refractivity contribution in [3.8, 4) is 0 Å². The number of fused-ring (bicyclic) bond motifs is 2. The van der Waals surface area contributed by atoms with Gasteiger partial charge in [-0.1, -0.05) is 25.8 Å². The summed E-state index contributed by atoms with van der Waals surface area (Å²) >= 11 is 0. The van der Waals surface area contributed by atoms with Crippen molar-refractivity contribution < 1.29 is 9.53 Å². The summed E-state index contributed by atoms with van der Waals surface area (Å²) in [7, 11) is 1.66. The van der Waals surface area contributed by atoms with Gasteiger partial charge in [0.25, 0.3) is 11.5 Å². The molecule has 0 saturated heterocycles. The molecule has 0 unspecified atom stereocenters. The number of aryl methyl sites for hydroxylation is 2. The number of amides is 1. The van der Waals surface area contributed by atoms with E-state index in [0.717, 1.165) is 31.2 Å². The van der Waals surface area contributed by atoms with Crippen LogP contribution in [0.4, 0.5) is 0 Å². The molecule has 0 aromatic carbocycles. The van der Waals surface area contributed by atoms with Crippen LogP contribution in [0.1, 0.15) is 55.1 Å². The van der Waals surface area contributed by atoms with Crippen LogP contribution in [-0.4, -0.2) is 39.6 Å². The molecule has 1 amide bonds. The summed E-state index contributed by atoms with van der Waals surface area (Å²) in [6.45, 7) is 5.27. The molecule has 4 rings (SSSR count). The minimum absolute atomic E-state index is 0.130. The standard InChI is InChI=1S/C23H30N4O3/c1-15-8-4-5-10-18(15)24-22(28)19-14-17-21(26(19)12-7-13-30-3)25-20-16(2)9-6-11-27(20)23(17)29/h6,9,11,14-15,18H,4-5,7-8,10,12-13H2,1-3H3,(H,24,28)/t15-,18-/m0/s1. The number of ether oxygens (including phenoxy) is 1. The summed E-state index contributed by atoms with van der Waals surface area (Å²) in [6, 6.07) is 5.65. The summed E-state index contributed by atoms with van der Waals surface area (Å²) in [6.07, 6.45) is 6.95. The van der Waals surface area contributed by atoms with Crippen LogP contribution >= 0.6 is 0 Å². The van der Waals surface area contributed by atoms with E-state index in [4.69, 9.17) is 9.72 Å². The average molecular weight is 411 g/mol. The number of nitrogens with one attached hydrogen (secondary N) is 1. The molecule has 0 bridgehead atoms. The van der Waals surface area contributed by atoms with E-state index in [0.29, 0.717) is 41.4 Å². The predicted molar refractivity (Wildman–Crippen MR) is 117 cm³/mol. The Morgan fingerprint density at radius 1 is 1.30 bits per heavy atom. The van der Waals surface area contributed by atoms with Crippen molar-refractivity contribution in [3.05, 3.63) is 46.0 Å². The fraction of sp³-hybridized carbons (Fsp3) is 0.522. The van der Waals surface area contributed by atoms with Crippen LogP contribution in [-0.2, 0) is 11.3 Å². The van der Waals surface area contributed by atoms with Gasteiger partial charge in [-0.3, -0.25) is 14.0 Å². The molecule has 7 nitrogen and oxygen atoms in total. The molecule has 0 spiro atoms. The quantitative estimate of drug-likeness (QED) is 0.633. The largest absolute Gasteiger partial charge is 0.385 e. The molecule has 1 saturated carbocycles. The van der Waals surface area contributed by atoms with Crippen molar-refractivity contribution >= 4 is 22.6 Å². The molecule has 2 atom stereocenters. The molecular formula is C23H30N4O3. The van der Waals surface area contributed by atoms with Crippen LogP contribution in [0.15, 0.2) is 29.2 Å². The predicted octanol–water partition coefficient (Wildman–Crippen LogP) is 3.30. The lowest BCUT2D eigenvalue weighted by molar-refractivity contribution is 0.0900. The summed E-state index contributed by atoms with van der Waals surface area (Å²) < 4.78 is 8.64. The zero-order valence-corrected chi connectivity index (χ0v) is 18.0. The van der Waals surface area contributed by atoms with Gasteiger partial charge in [0.2, 0.25) is 0 Å². The normalized spacial score (nSPS) is 19.4. The van der Waals surface area contributed by atoms with Gasteiger partial charge in [0.1, 0.15) is 17.0 Å². The van der Waals surface area contributed by atoms with E-state index in [-0.39, 0.29) is 17.5 Å². The van der Waals surface area contributed by atoms with Crippen LogP contribution in [0, 0.1) is 12.8 Å². The van der Waals surface area contributed by atoms with E-state index in [1.165, 1.54) is 6.42 Å². The lowest BCUT2D eigenvalue weighted by Crippen LogP contribution is -2.41.